The van der Waals surface area contributed by atoms with Crippen molar-refractivity contribution in [3.63, 3.8) is 0 Å². The lowest BCUT2D eigenvalue weighted by Crippen LogP contribution is -2.41. The van der Waals surface area contributed by atoms with E-state index in [-0.39, 0.29) is 48.5 Å². The highest BCUT2D eigenvalue weighted by atomic mass is 32.2. The molecule has 1 N–H and O–H groups in total. The molecule has 12 nitrogen and oxygen atoms in total. The van der Waals surface area contributed by atoms with E-state index in [0.717, 1.165) is 25.7 Å². The van der Waals surface area contributed by atoms with Crippen LogP contribution in [0.1, 0.15) is 65.2 Å². The van der Waals surface area contributed by atoms with Crippen molar-refractivity contribution >= 4 is 46.7 Å². The Labute approximate surface area is 348 Å². The van der Waals surface area contributed by atoms with Gasteiger partial charge < -0.3 is 34.0 Å². The van der Waals surface area contributed by atoms with Gasteiger partial charge in [-0.2, -0.15) is 0 Å². The summed E-state index contributed by atoms with van der Waals surface area (Å²) in [6.07, 6.45) is 5.18. The molecule has 4 atom stereocenters. The summed E-state index contributed by atoms with van der Waals surface area (Å²) >= 11 is 0. The average molecular weight is 831 g/mol. The molecule has 3 aromatic carbocycles. The Kier molecular flexibility index (Phi) is 20.7. The molecule has 2 saturated carbocycles. The number of aliphatic carboxylic acids is 2. The van der Waals surface area contributed by atoms with Crippen LogP contribution in [0.3, 0.4) is 0 Å². The molecule has 0 aromatic heterocycles. The molecule has 4 unspecified atom stereocenters. The predicted molar refractivity (Wildman–Crippen MR) is 218 cm³/mol. The van der Waals surface area contributed by atoms with Gasteiger partial charge in [0.25, 0.3) is 0 Å². The van der Waals surface area contributed by atoms with E-state index in [1.807, 2.05) is 0 Å². The van der Waals surface area contributed by atoms with Gasteiger partial charge in [0.2, 0.25) is 0 Å². The summed E-state index contributed by atoms with van der Waals surface area (Å²) in [5.41, 5.74) is 0.537. The number of carbonyl (C=O) groups excluding carboxylic acids is 5. The molecular formula is C46H54O12S. The fourth-order valence-electron chi connectivity index (χ4n) is 6.50. The fraction of sp³-hybridized carbons (Fsp3) is 0.391. The van der Waals surface area contributed by atoms with Crippen molar-refractivity contribution < 1.29 is 57.9 Å². The number of rotatable bonds is 15. The quantitative estimate of drug-likeness (QED) is 0.0576. The molecule has 0 radical (unpaired) electrons. The second kappa shape index (κ2) is 25.6. The number of hydrogen-bond acceptors (Lipinski definition) is 11. The predicted octanol–water partition coefficient (Wildman–Crippen LogP) is 6.53. The van der Waals surface area contributed by atoms with Crippen molar-refractivity contribution in [3.05, 3.63) is 115 Å². The number of esters is 4. The molecule has 5 rings (SSSR count). The van der Waals surface area contributed by atoms with Gasteiger partial charge in [0, 0.05) is 23.0 Å². The van der Waals surface area contributed by atoms with Crippen molar-refractivity contribution in [2.75, 3.05) is 26.4 Å². The first-order valence-electron chi connectivity index (χ1n) is 19.6. The van der Waals surface area contributed by atoms with Crippen LogP contribution in [0.25, 0.3) is 0 Å². The van der Waals surface area contributed by atoms with Crippen LogP contribution in [0.2, 0.25) is 0 Å². The lowest BCUT2D eigenvalue weighted by molar-refractivity contribution is -0.314. The summed E-state index contributed by atoms with van der Waals surface area (Å²) in [4.78, 5) is 72.0. The van der Waals surface area contributed by atoms with E-state index in [4.69, 9.17) is 24.1 Å². The maximum absolute atomic E-state index is 11.8. The van der Waals surface area contributed by atoms with Gasteiger partial charge in [-0.1, -0.05) is 93.4 Å². The molecular weight excluding hydrogens is 777 g/mol. The molecule has 13 heteroatoms. The van der Waals surface area contributed by atoms with Crippen molar-refractivity contribution in [2.24, 2.45) is 23.7 Å². The van der Waals surface area contributed by atoms with E-state index in [0.29, 0.717) is 25.7 Å². The molecule has 0 spiro atoms. The third-order valence-corrected chi connectivity index (χ3v) is 11.7. The van der Waals surface area contributed by atoms with Gasteiger partial charge in [0.15, 0.2) is 14.7 Å². The van der Waals surface area contributed by atoms with Crippen LogP contribution in [-0.2, 0) is 58.6 Å². The Hall–Kier alpha value is -5.69. The molecule has 316 valence electrons. The van der Waals surface area contributed by atoms with E-state index < -0.39 is 59.5 Å². The first kappa shape index (κ1) is 47.7. The van der Waals surface area contributed by atoms with Crippen LogP contribution < -0.4 is 5.11 Å². The number of carboxylic acids is 2. The minimum Gasteiger partial charge on any atom is -0.550 e. The van der Waals surface area contributed by atoms with Crippen molar-refractivity contribution in [3.8, 4) is 0 Å². The van der Waals surface area contributed by atoms with Crippen molar-refractivity contribution in [2.45, 2.75) is 79.9 Å². The first-order valence-corrected chi connectivity index (χ1v) is 20.9. The normalized spacial score (nSPS) is 18.2. The Bertz CT molecular complexity index is 1680. The maximum atomic E-state index is 11.8. The minimum absolute atomic E-state index is 0.0146. The molecule has 0 amide bonds. The van der Waals surface area contributed by atoms with E-state index >= 15 is 0 Å². The van der Waals surface area contributed by atoms with Crippen LogP contribution in [0.5, 0.6) is 0 Å². The SMILES string of the molecule is C=C(C)C(=O)OCCOC(=O)C1CCCCC1C(=O)O.C=C(C)C(=O)OCCOC(=O)C1CCCCC1C(=O)[O-].c1ccc([S+](c2ccccc2)c2ccccc2)cc1. The summed E-state index contributed by atoms with van der Waals surface area (Å²) in [6, 6.07) is 32.2. The van der Waals surface area contributed by atoms with Crippen LogP contribution in [0, 0.1) is 23.7 Å². The highest BCUT2D eigenvalue weighted by Crippen LogP contribution is 2.33. The third kappa shape index (κ3) is 16.2. The minimum atomic E-state index is -1.21. The van der Waals surface area contributed by atoms with E-state index in [2.05, 4.69) is 104 Å². The zero-order chi connectivity index (χ0) is 43.2. The molecule has 3 aromatic rings. The van der Waals surface area contributed by atoms with E-state index in [1.165, 1.54) is 28.5 Å². The molecule has 2 fully saturated rings. The average Bonchev–Trinajstić information content (AvgIpc) is 3.25. The van der Waals surface area contributed by atoms with Crippen LogP contribution >= 0.6 is 0 Å². The molecule has 2 aliphatic rings. The Morgan fingerprint density at radius 2 is 0.847 bits per heavy atom. The molecule has 0 bridgehead atoms. The molecule has 0 heterocycles. The highest BCUT2D eigenvalue weighted by molar-refractivity contribution is 7.97. The zero-order valence-corrected chi connectivity index (χ0v) is 34.5. The summed E-state index contributed by atoms with van der Waals surface area (Å²) in [5, 5.41) is 20.0. The smallest absolute Gasteiger partial charge is 0.333 e. The number of carbonyl (C=O) groups is 6. The topological polar surface area (TPSA) is 183 Å². The maximum Gasteiger partial charge on any atom is 0.333 e. The summed E-state index contributed by atoms with van der Waals surface area (Å²) < 4.78 is 19.5. The number of hydrogen-bond donors (Lipinski definition) is 1. The second-order valence-corrected chi connectivity index (χ2v) is 16.1. The van der Waals surface area contributed by atoms with Crippen LogP contribution in [-0.4, -0.2) is 67.3 Å². The van der Waals surface area contributed by atoms with E-state index in [9.17, 15) is 33.9 Å². The number of ether oxygens (including phenoxy) is 4. The van der Waals surface area contributed by atoms with Gasteiger partial charge >= 0.3 is 29.8 Å². The molecule has 2 aliphatic carbocycles. The van der Waals surface area contributed by atoms with Gasteiger partial charge in [-0.15, -0.1) is 0 Å². The van der Waals surface area contributed by atoms with Gasteiger partial charge in [-0.3, -0.25) is 14.4 Å². The lowest BCUT2D eigenvalue weighted by Gasteiger charge is -2.30. The Morgan fingerprint density at radius 3 is 1.17 bits per heavy atom. The van der Waals surface area contributed by atoms with E-state index in [1.54, 1.807) is 0 Å². The molecule has 0 saturated heterocycles. The van der Waals surface area contributed by atoms with Gasteiger partial charge in [-0.05, 0) is 75.9 Å². The summed E-state index contributed by atoms with van der Waals surface area (Å²) in [6.45, 7) is 9.60. The monoisotopic (exact) mass is 830 g/mol. The second-order valence-electron chi connectivity index (χ2n) is 14.1. The number of carboxylic acid groups (broad SMARTS) is 2. The summed E-state index contributed by atoms with van der Waals surface area (Å²) in [7, 11) is -0.0146. The zero-order valence-electron chi connectivity index (χ0n) is 33.7. The lowest BCUT2D eigenvalue weighted by atomic mass is 9.79. The van der Waals surface area contributed by atoms with Crippen LogP contribution in [0.4, 0.5) is 0 Å². The van der Waals surface area contributed by atoms with Gasteiger partial charge in [0.1, 0.15) is 26.4 Å². The Morgan fingerprint density at radius 1 is 0.542 bits per heavy atom. The largest absolute Gasteiger partial charge is 0.550 e. The third-order valence-electron chi connectivity index (χ3n) is 9.51. The highest BCUT2D eigenvalue weighted by Gasteiger charge is 2.37. The van der Waals surface area contributed by atoms with Gasteiger partial charge in [-0.25, -0.2) is 9.59 Å². The van der Waals surface area contributed by atoms with Gasteiger partial charge in [0.05, 0.1) is 28.6 Å². The molecule has 0 aliphatic heterocycles. The van der Waals surface area contributed by atoms with Crippen molar-refractivity contribution in [1.29, 1.82) is 0 Å². The van der Waals surface area contributed by atoms with Crippen LogP contribution in [0.15, 0.2) is 130 Å². The standard InChI is InChI=1S/C18H15S.2C14H20O6/c1-4-10-16(11-5-1)19(17-12-6-2-7-13-17)18-14-8-3-9-15-18;2*1-9(2)13(17)19-7-8-20-14(18)11-6-4-3-5-10(11)12(15)16/h1-15H;2*10-11H,1,3-8H2,2H3,(H,15,16)/q+1;;/p-1. The number of benzene rings is 3. The molecule has 59 heavy (non-hydrogen) atoms. The van der Waals surface area contributed by atoms with Crippen molar-refractivity contribution in [1.82, 2.24) is 0 Å². The summed E-state index contributed by atoms with van der Waals surface area (Å²) in [5.74, 6) is -7.06. The Balaban J connectivity index is 0.000000236. The fourth-order valence-corrected chi connectivity index (χ4v) is 8.60. The first-order chi connectivity index (χ1) is 28.3.